The summed E-state index contributed by atoms with van der Waals surface area (Å²) in [5, 5.41) is 3.79. The van der Waals surface area contributed by atoms with Gasteiger partial charge < -0.3 is 14.8 Å². The van der Waals surface area contributed by atoms with E-state index in [1.807, 2.05) is 66.7 Å². The molecule has 1 N–H and O–H groups in total. The summed E-state index contributed by atoms with van der Waals surface area (Å²) in [5.41, 5.74) is 2.84. The smallest absolute Gasteiger partial charge is 0.244 e. The van der Waals surface area contributed by atoms with Crippen molar-refractivity contribution < 1.29 is 14.3 Å². The quantitative estimate of drug-likeness (QED) is 0.468. The zero-order valence-electron chi connectivity index (χ0n) is 18.4. The van der Waals surface area contributed by atoms with E-state index in [1.165, 1.54) is 5.56 Å². The molecule has 2 heterocycles. The molecule has 1 amide bonds. The number of hydrogen-bond acceptors (Lipinski definition) is 4. The second-order valence-electron chi connectivity index (χ2n) is 8.13. The predicted molar refractivity (Wildman–Crippen MR) is 130 cm³/mol. The van der Waals surface area contributed by atoms with Crippen molar-refractivity contribution >= 4 is 23.6 Å². The van der Waals surface area contributed by atoms with E-state index in [2.05, 4.69) is 10.3 Å². The number of hydrogen-bond donors (Lipinski definition) is 1. The van der Waals surface area contributed by atoms with Gasteiger partial charge >= 0.3 is 0 Å². The number of carbonyl (C=O) groups excluding carboxylic acids is 1. The number of nitrogens with one attached hydrogen (secondary N) is 1. The molecule has 3 aromatic rings. The lowest BCUT2D eigenvalue weighted by atomic mass is 9.74. The summed E-state index contributed by atoms with van der Waals surface area (Å²) < 4.78 is 11.3. The first-order valence-corrected chi connectivity index (χ1v) is 11.4. The molecule has 1 aromatic heterocycles. The Morgan fingerprint density at radius 3 is 2.52 bits per heavy atom. The third-order valence-electron chi connectivity index (χ3n) is 5.93. The first kappa shape index (κ1) is 23.0. The van der Waals surface area contributed by atoms with Crippen molar-refractivity contribution in [1.29, 1.82) is 0 Å². The molecule has 0 aliphatic carbocycles. The van der Waals surface area contributed by atoms with Crippen LogP contribution in [0.4, 0.5) is 0 Å². The average Bonchev–Trinajstić information content (AvgIpc) is 2.87. The highest BCUT2D eigenvalue weighted by atomic mass is 35.5. The maximum atomic E-state index is 12.5. The molecule has 0 atom stereocenters. The standard InChI is InChI=1S/C27H27ClN2O3/c28-23-9-7-22(8-10-23)27(14-17-32-18-15-27)20-30-26(31)13-6-21-4-11-25(12-5-21)33-19-24-3-1-2-16-29-24/h1-13,16H,14-15,17-20H2,(H,30,31). The predicted octanol–water partition coefficient (Wildman–Crippen LogP) is 5.19. The summed E-state index contributed by atoms with van der Waals surface area (Å²) in [6.45, 7) is 2.34. The van der Waals surface area contributed by atoms with Crippen LogP contribution < -0.4 is 10.1 Å². The van der Waals surface area contributed by atoms with E-state index in [-0.39, 0.29) is 11.3 Å². The molecular weight excluding hydrogens is 436 g/mol. The Labute approximate surface area is 199 Å². The van der Waals surface area contributed by atoms with Crippen molar-refractivity contribution in [1.82, 2.24) is 10.3 Å². The van der Waals surface area contributed by atoms with Crippen LogP contribution in [0.5, 0.6) is 5.75 Å². The third-order valence-corrected chi connectivity index (χ3v) is 6.18. The SMILES string of the molecule is O=C(C=Cc1ccc(OCc2ccccn2)cc1)NCC1(c2ccc(Cl)cc2)CCOCC1. The minimum atomic E-state index is -0.140. The summed E-state index contributed by atoms with van der Waals surface area (Å²) >= 11 is 6.06. The minimum absolute atomic E-state index is 0.120. The zero-order valence-corrected chi connectivity index (χ0v) is 19.1. The van der Waals surface area contributed by atoms with Crippen LogP contribution in [-0.2, 0) is 21.6 Å². The minimum Gasteiger partial charge on any atom is -0.487 e. The van der Waals surface area contributed by atoms with Gasteiger partial charge in [-0.05, 0) is 66.4 Å². The van der Waals surface area contributed by atoms with Gasteiger partial charge in [0.05, 0.1) is 5.69 Å². The molecule has 0 radical (unpaired) electrons. The highest BCUT2D eigenvalue weighted by Gasteiger charge is 2.34. The Morgan fingerprint density at radius 2 is 1.82 bits per heavy atom. The van der Waals surface area contributed by atoms with Gasteiger partial charge in [-0.3, -0.25) is 9.78 Å². The van der Waals surface area contributed by atoms with Crippen LogP contribution >= 0.6 is 11.6 Å². The number of nitrogens with zero attached hydrogens (tertiary/aromatic N) is 1. The van der Waals surface area contributed by atoms with Gasteiger partial charge in [-0.15, -0.1) is 0 Å². The van der Waals surface area contributed by atoms with E-state index in [4.69, 9.17) is 21.1 Å². The molecular formula is C27H27ClN2O3. The fourth-order valence-corrected chi connectivity index (χ4v) is 4.06. The second-order valence-corrected chi connectivity index (χ2v) is 8.57. The van der Waals surface area contributed by atoms with Crippen LogP contribution in [0.15, 0.2) is 79.0 Å². The first-order valence-electron chi connectivity index (χ1n) is 11.1. The largest absolute Gasteiger partial charge is 0.487 e. The van der Waals surface area contributed by atoms with E-state index in [0.717, 1.165) is 29.8 Å². The van der Waals surface area contributed by atoms with E-state index < -0.39 is 0 Å². The summed E-state index contributed by atoms with van der Waals surface area (Å²) in [4.78, 5) is 16.8. The van der Waals surface area contributed by atoms with Crippen LogP contribution in [0.25, 0.3) is 6.08 Å². The Kier molecular flexibility index (Phi) is 7.76. The summed E-state index contributed by atoms with van der Waals surface area (Å²) in [6, 6.07) is 21.3. The van der Waals surface area contributed by atoms with Crippen LogP contribution in [0, 0.1) is 0 Å². The van der Waals surface area contributed by atoms with Crippen molar-refractivity contribution in [2.24, 2.45) is 0 Å². The maximum Gasteiger partial charge on any atom is 0.244 e. The lowest BCUT2D eigenvalue weighted by Crippen LogP contribution is -2.44. The number of pyridine rings is 1. The molecule has 33 heavy (non-hydrogen) atoms. The monoisotopic (exact) mass is 462 g/mol. The van der Waals surface area contributed by atoms with E-state index in [0.29, 0.717) is 31.4 Å². The lowest BCUT2D eigenvalue weighted by molar-refractivity contribution is -0.116. The van der Waals surface area contributed by atoms with Crippen LogP contribution in [0.2, 0.25) is 5.02 Å². The van der Waals surface area contributed by atoms with Crippen molar-refractivity contribution in [2.45, 2.75) is 24.9 Å². The molecule has 0 spiro atoms. The van der Waals surface area contributed by atoms with Gasteiger partial charge in [-0.25, -0.2) is 0 Å². The molecule has 0 unspecified atom stereocenters. The number of benzene rings is 2. The number of halogens is 1. The summed E-state index contributed by atoms with van der Waals surface area (Å²) in [5.74, 6) is 0.636. The third kappa shape index (κ3) is 6.44. The molecule has 1 fully saturated rings. The van der Waals surface area contributed by atoms with Crippen LogP contribution in [0.1, 0.15) is 29.7 Å². The van der Waals surface area contributed by atoms with Gasteiger partial charge in [0.2, 0.25) is 5.91 Å². The van der Waals surface area contributed by atoms with Crippen LogP contribution in [0.3, 0.4) is 0 Å². The van der Waals surface area contributed by atoms with Gasteiger partial charge in [-0.2, -0.15) is 0 Å². The number of ether oxygens (including phenoxy) is 2. The van der Waals surface area contributed by atoms with Crippen molar-refractivity contribution in [3.05, 3.63) is 101 Å². The lowest BCUT2D eigenvalue weighted by Gasteiger charge is -2.37. The van der Waals surface area contributed by atoms with E-state index in [1.54, 1.807) is 18.3 Å². The summed E-state index contributed by atoms with van der Waals surface area (Å²) in [7, 11) is 0. The zero-order chi connectivity index (χ0) is 22.9. The Bertz CT molecular complexity index is 1060. The normalized spacial score (nSPS) is 15.3. The number of amides is 1. The molecule has 170 valence electrons. The molecule has 0 bridgehead atoms. The second kappa shape index (κ2) is 11.1. The molecule has 5 nitrogen and oxygen atoms in total. The average molecular weight is 463 g/mol. The van der Waals surface area contributed by atoms with Gasteiger partial charge in [0.1, 0.15) is 12.4 Å². The summed E-state index contributed by atoms with van der Waals surface area (Å²) in [6.07, 6.45) is 6.84. The van der Waals surface area contributed by atoms with Gasteiger partial charge in [0.25, 0.3) is 0 Å². The van der Waals surface area contributed by atoms with Gasteiger partial charge in [-0.1, -0.05) is 41.9 Å². The molecule has 2 aromatic carbocycles. The first-order chi connectivity index (χ1) is 16.1. The Balaban J connectivity index is 1.32. The highest BCUT2D eigenvalue weighted by molar-refractivity contribution is 6.30. The Morgan fingerprint density at radius 1 is 1.06 bits per heavy atom. The molecule has 1 saturated heterocycles. The highest BCUT2D eigenvalue weighted by Crippen LogP contribution is 2.34. The fourth-order valence-electron chi connectivity index (χ4n) is 3.94. The molecule has 1 aliphatic heterocycles. The molecule has 0 saturated carbocycles. The fraction of sp³-hybridized carbons (Fsp3) is 0.259. The molecule has 1 aliphatic rings. The van der Waals surface area contributed by atoms with Gasteiger partial charge in [0, 0.05) is 42.5 Å². The Hall–Kier alpha value is -3.15. The van der Waals surface area contributed by atoms with E-state index in [9.17, 15) is 4.79 Å². The molecule has 6 heteroatoms. The number of rotatable bonds is 8. The van der Waals surface area contributed by atoms with Crippen molar-refractivity contribution in [2.75, 3.05) is 19.8 Å². The molecule has 4 rings (SSSR count). The van der Waals surface area contributed by atoms with E-state index >= 15 is 0 Å². The van der Waals surface area contributed by atoms with Crippen molar-refractivity contribution in [3.63, 3.8) is 0 Å². The van der Waals surface area contributed by atoms with Crippen LogP contribution in [-0.4, -0.2) is 30.6 Å². The van der Waals surface area contributed by atoms with Crippen molar-refractivity contribution in [3.8, 4) is 5.75 Å². The van der Waals surface area contributed by atoms with Gasteiger partial charge in [0.15, 0.2) is 0 Å². The topological polar surface area (TPSA) is 60.5 Å². The maximum absolute atomic E-state index is 12.5. The number of aromatic nitrogens is 1. The number of carbonyl (C=O) groups is 1.